The molecule has 0 saturated heterocycles. The topological polar surface area (TPSA) is 48.1 Å². The maximum Gasteiger partial charge on any atom is 0.119 e. The lowest BCUT2D eigenvalue weighted by molar-refractivity contribution is 0.322. The minimum Gasteiger partial charge on any atom is -0.493 e. The minimum absolute atomic E-state index is 0.386. The second kappa shape index (κ2) is 6.13. The summed E-state index contributed by atoms with van der Waals surface area (Å²) in [7, 11) is 0. The SMILES string of the molecule is NC(=S)c1cnc(CCOc2ccc(Cl)cc2)s1. The molecule has 18 heavy (non-hydrogen) atoms. The highest BCUT2D eigenvalue weighted by Gasteiger charge is 2.04. The summed E-state index contributed by atoms with van der Waals surface area (Å²) >= 11 is 12.2. The van der Waals surface area contributed by atoms with Crippen molar-refractivity contribution < 1.29 is 4.74 Å². The Hall–Kier alpha value is -1.17. The summed E-state index contributed by atoms with van der Waals surface area (Å²) in [6, 6.07) is 7.27. The van der Waals surface area contributed by atoms with Gasteiger partial charge >= 0.3 is 0 Å². The molecule has 0 bridgehead atoms. The molecule has 0 unspecified atom stereocenters. The van der Waals surface area contributed by atoms with Gasteiger partial charge in [0.15, 0.2) is 0 Å². The van der Waals surface area contributed by atoms with Crippen molar-refractivity contribution in [3.63, 3.8) is 0 Å². The first-order chi connectivity index (χ1) is 8.65. The van der Waals surface area contributed by atoms with Crippen molar-refractivity contribution in [3.05, 3.63) is 45.4 Å². The first-order valence-electron chi connectivity index (χ1n) is 5.28. The summed E-state index contributed by atoms with van der Waals surface area (Å²) < 4.78 is 5.58. The number of hydrogen-bond acceptors (Lipinski definition) is 4. The van der Waals surface area contributed by atoms with Crippen molar-refractivity contribution in [1.29, 1.82) is 0 Å². The van der Waals surface area contributed by atoms with Crippen LogP contribution in [-0.4, -0.2) is 16.6 Å². The van der Waals surface area contributed by atoms with Crippen molar-refractivity contribution in [2.75, 3.05) is 6.61 Å². The minimum atomic E-state index is 0.386. The highest BCUT2D eigenvalue weighted by Crippen LogP contribution is 2.17. The van der Waals surface area contributed by atoms with Gasteiger partial charge < -0.3 is 10.5 Å². The van der Waals surface area contributed by atoms with E-state index in [4.69, 9.17) is 34.3 Å². The molecule has 6 heteroatoms. The first-order valence-corrected chi connectivity index (χ1v) is 6.88. The predicted molar refractivity (Wildman–Crippen MR) is 78.7 cm³/mol. The molecule has 0 aliphatic heterocycles. The van der Waals surface area contributed by atoms with E-state index in [1.54, 1.807) is 18.3 Å². The number of rotatable bonds is 5. The highest BCUT2D eigenvalue weighted by atomic mass is 35.5. The van der Waals surface area contributed by atoms with Crippen molar-refractivity contribution in [3.8, 4) is 5.75 Å². The summed E-state index contributed by atoms with van der Waals surface area (Å²) in [5.74, 6) is 0.797. The van der Waals surface area contributed by atoms with E-state index in [0.29, 0.717) is 16.6 Å². The average molecular weight is 299 g/mol. The zero-order valence-corrected chi connectivity index (χ0v) is 11.8. The van der Waals surface area contributed by atoms with Gasteiger partial charge in [0, 0.05) is 17.6 Å². The molecule has 1 heterocycles. The third kappa shape index (κ3) is 3.66. The van der Waals surface area contributed by atoms with Crippen molar-refractivity contribution in [2.45, 2.75) is 6.42 Å². The smallest absolute Gasteiger partial charge is 0.119 e. The molecule has 0 amide bonds. The normalized spacial score (nSPS) is 10.3. The van der Waals surface area contributed by atoms with Gasteiger partial charge in [0.1, 0.15) is 10.7 Å². The van der Waals surface area contributed by atoms with Crippen molar-refractivity contribution in [2.24, 2.45) is 5.73 Å². The summed E-state index contributed by atoms with van der Waals surface area (Å²) in [6.45, 7) is 0.561. The van der Waals surface area contributed by atoms with Crippen LogP contribution in [-0.2, 0) is 6.42 Å². The number of benzene rings is 1. The predicted octanol–water partition coefficient (Wildman–Crippen LogP) is 3.05. The average Bonchev–Trinajstić information content (AvgIpc) is 2.81. The summed E-state index contributed by atoms with van der Waals surface area (Å²) in [4.78, 5) is 5.46. The summed E-state index contributed by atoms with van der Waals surface area (Å²) in [5.41, 5.74) is 5.52. The number of ether oxygens (including phenoxy) is 1. The molecule has 0 spiro atoms. The van der Waals surface area contributed by atoms with Gasteiger partial charge in [-0.3, -0.25) is 0 Å². The fourth-order valence-corrected chi connectivity index (χ4v) is 2.38. The third-order valence-corrected chi connectivity index (χ3v) is 3.89. The molecule has 2 rings (SSSR count). The molecule has 1 aromatic heterocycles. The van der Waals surface area contributed by atoms with Crippen LogP contribution in [0.25, 0.3) is 0 Å². The molecule has 2 N–H and O–H groups in total. The molecule has 0 saturated carbocycles. The van der Waals surface area contributed by atoms with E-state index >= 15 is 0 Å². The molecule has 3 nitrogen and oxygen atoms in total. The number of thiazole rings is 1. The number of halogens is 1. The lowest BCUT2D eigenvalue weighted by Gasteiger charge is -2.04. The van der Waals surface area contributed by atoms with Gasteiger partial charge in [0.25, 0.3) is 0 Å². The van der Waals surface area contributed by atoms with Crippen LogP contribution in [0.1, 0.15) is 9.88 Å². The molecular formula is C12H11ClN2OS2. The number of thiocarbonyl (C=S) groups is 1. The van der Waals surface area contributed by atoms with Crippen molar-refractivity contribution in [1.82, 2.24) is 4.98 Å². The van der Waals surface area contributed by atoms with Gasteiger partial charge in [-0.1, -0.05) is 23.8 Å². The largest absolute Gasteiger partial charge is 0.493 e. The van der Waals surface area contributed by atoms with E-state index in [2.05, 4.69) is 4.98 Å². The fraction of sp³-hybridized carbons (Fsp3) is 0.167. The standard InChI is InChI=1S/C12H11ClN2OS2/c13-8-1-3-9(4-2-8)16-6-5-11-15-7-10(18-11)12(14)17/h1-4,7H,5-6H2,(H2,14,17). The summed E-state index contributed by atoms with van der Waals surface area (Å²) in [6.07, 6.45) is 2.43. The van der Waals surface area contributed by atoms with E-state index < -0.39 is 0 Å². The second-order valence-electron chi connectivity index (χ2n) is 3.53. The van der Waals surface area contributed by atoms with Gasteiger partial charge in [-0.05, 0) is 24.3 Å². The molecule has 0 aliphatic carbocycles. The van der Waals surface area contributed by atoms with E-state index in [1.807, 2.05) is 12.1 Å². The zero-order chi connectivity index (χ0) is 13.0. The van der Waals surface area contributed by atoms with Crippen LogP contribution in [0.5, 0.6) is 5.75 Å². The molecule has 0 fully saturated rings. The number of aromatic nitrogens is 1. The van der Waals surface area contributed by atoms with Crippen LogP contribution in [0.4, 0.5) is 0 Å². The third-order valence-electron chi connectivity index (χ3n) is 2.19. The van der Waals surface area contributed by atoms with E-state index in [9.17, 15) is 0 Å². The van der Waals surface area contributed by atoms with Gasteiger partial charge in [0.05, 0.1) is 16.5 Å². The monoisotopic (exact) mass is 298 g/mol. The second-order valence-corrected chi connectivity index (χ2v) is 5.53. The number of nitrogens with two attached hydrogens (primary N) is 1. The van der Waals surface area contributed by atoms with E-state index in [1.165, 1.54) is 11.3 Å². The quantitative estimate of drug-likeness (QED) is 0.862. The zero-order valence-electron chi connectivity index (χ0n) is 9.43. The highest BCUT2D eigenvalue weighted by molar-refractivity contribution is 7.81. The molecular weight excluding hydrogens is 288 g/mol. The Morgan fingerprint density at radius 2 is 2.11 bits per heavy atom. The Labute approximate surface area is 120 Å². The van der Waals surface area contributed by atoms with Crippen LogP contribution in [0.2, 0.25) is 5.02 Å². The summed E-state index contributed by atoms with van der Waals surface area (Å²) in [5, 5.41) is 1.66. The Balaban J connectivity index is 1.84. The van der Waals surface area contributed by atoms with Gasteiger partial charge in [-0.2, -0.15) is 0 Å². The van der Waals surface area contributed by atoms with Gasteiger partial charge in [0.2, 0.25) is 0 Å². The van der Waals surface area contributed by atoms with Crippen LogP contribution < -0.4 is 10.5 Å². The first kappa shape index (κ1) is 13.3. The Bertz CT molecular complexity index is 539. The Morgan fingerprint density at radius 3 is 2.72 bits per heavy atom. The van der Waals surface area contributed by atoms with E-state index in [0.717, 1.165) is 22.1 Å². The van der Waals surface area contributed by atoms with Crippen LogP contribution in [0.3, 0.4) is 0 Å². The lowest BCUT2D eigenvalue weighted by atomic mass is 10.3. The fourth-order valence-electron chi connectivity index (χ4n) is 1.33. The molecule has 2 aromatic rings. The van der Waals surface area contributed by atoms with Crippen molar-refractivity contribution >= 4 is 40.1 Å². The van der Waals surface area contributed by atoms with Gasteiger partial charge in [-0.25, -0.2) is 4.98 Å². The van der Waals surface area contributed by atoms with E-state index in [-0.39, 0.29) is 0 Å². The Kier molecular flexibility index (Phi) is 4.52. The molecule has 1 aromatic carbocycles. The van der Waals surface area contributed by atoms with Crippen LogP contribution in [0, 0.1) is 0 Å². The molecule has 0 radical (unpaired) electrons. The number of hydrogen-bond donors (Lipinski definition) is 1. The molecule has 0 atom stereocenters. The maximum atomic E-state index is 5.79. The van der Waals surface area contributed by atoms with Gasteiger partial charge in [-0.15, -0.1) is 11.3 Å². The maximum absolute atomic E-state index is 5.79. The van der Waals surface area contributed by atoms with Crippen LogP contribution >= 0.6 is 35.2 Å². The Morgan fingerprint density at radius 1 is 1.39 bits per heavy atom. The van der Waals surface area contributed by atoms with Crippen LogP contribution in [0.15, 0.2) is 30.5 Å². The molecule has 0 aliphatic rings. The molecule has 94 valence electrons. The lowest BCUT2D eigenvalue weighted by Crippen LogP contribution is -2.06. The number of nitrogens with zero attached hydrogens (tertiary/aromatic N) is 1.